The van der Waals surface area contributed by atoms with Gasteiger partial charge >= 0.3 is 0 Å². The maximum absolute atomic E-state index is 13.2. The van der Waals surface area contributed by atoms with Crippen LogP contribution in [0, 0.1) is 0 Å². The van der Waals surface area contributed by atoms with Gasteiger partial charge in [0.1, 0.15) is 11.5 Å². The molecule has 0 bridgehead atoms. The van der Waals surface area contributed by atoms with Gasteiger partial charge in [-0.2, -0.15) is 0 Å². The average molecular weight is 489 g/mol. The average Bonchev–Trinajstić information content (AvgIpc) is 3.38. The highest BCUT2D eigenvalue weighted by Gasteiger charge is 2.17. The van der Waals surface area contributed by atoms with E-state index in [9.17, 15) is 9.59 Å². The number of carbonyl (C=O) groups is 2. The molecular formula is C27H21ClN2O3S. The van der Waals surface area contributed by atoms with E-state index in [0.717, 1.165) is 10.5 Å². The van der Waals surface area contributed by atoms with Gasteiger partial charge in [0.25, 0.3) is 11.8 Å². The molecule has 0 spiro atoms. The topological polar surface area (TPSA) is 71.3 Å². The van der Waals surface area contributed by atoms with Crippen LogP contribution >= 0.6 is 23.4 Å². The lowest BCUT2D eigenvalue weighted by Crippen LogP contribution is -2.30. The number of nitrogens with one attached hydrogen (secondary N) is 2. The molecule has 3 aromatic carbocycles. The van der Waals surface area contributed by atoms with Crippen molar-refractivity contribution in [2.24, 2.45) is 0 Å². The lowest BCUT2D eigenvalue weighted by molar-refractivity contribution is -0.113. The van der Waals surface area contributed by atoms with Crippen LogP contribution in [-0.2, 0) is 10.5 Å². The molecule has 2 amide bonds. The first-order valence-electron chi connectivity index (χ1n) is 10.5. The lowest BCUT2D eigenvalue weighted by Gasteiger charge is -2.13. The maximum atomic E-state index is 13.2. The highest BCUT2D eigenvalue weighted by Crippen LogP contribution is 2.30. The predicted octanol–water partition coefficient (Wildman–Crippen LogP) is 6.63. The standard InChI is InChI=1S/C27H21ClN2O3S/c28-21-14-12-19(13-15-21)18-34-25-11-5-4-10-23(25)29-27(32)24(17-22-9-6-16-33-22)30-26(31)20-7-2-1-3-8-20/h1-17H,18H2,(H,29,32)(H,30,31)/b24-17-. The fraction of sp³-hybridized carbons (Fsp3) is 0.0370. The van der Waals surface area contributed by atoms with Crippen LogP contribution in [0.2, 0.25) is 5.02 Å². The van der Waals surface area contributed by atoms with Crippen LogP contribution in [0.1, 0.15) is 21.7 Å². The summed E-state index contributed by atoms with van der Waals surface area (Å²) in [6, 6.07) is 27.3. The van der Waals surface area contributed by atoms with E-state index in [1.807, 2.05) is 54.6 Å². The van der Waals surface area contributed by atoms with Crippen LogP contribution in [0.3, 0.4) is 0 Å². The summed E-state index contributed by atoms with van der Waals surface area (Å²) in [5.74, 6) is 0.312. The minimum atomic E-state index is -0.458. The molecule has 0 saturated heterocycles. The zero-order chi connectivity index (χ0) is 23.8. The number of carbonyl (C=O) groups excluding carboxylic acids is 2. The van der Waals surface area contributed by atoms with E-state index in [0.29, 0.717) is 27.8 Å². The number of furan rings is 1. The van der Waals surface area contributed by atoms with Crippen molar-refractivity contribution in [3.8, 4) is 0 Å². The number of benzene rings is 3. The van der Waals surface area contributed by atoms with Gasteiger partial charge in [-0.3, -0.25) is 9.59 Å². The first-order valence-corrected chi connectivity index (χ1v) is 11.8. The van der Waals surface area contributed by atoms with Crippen LogP contribution in [-0.4, -0.2) is 11.8 Å². The summed E-state index contributed by atoms with van der Waals surface area (Å²) in [4.78, 5) is 26.8. The Morgan fingerprint density at radius 1 is 0.882 bits per heavy atom. The summed E-state index contributed by atoms with van der Waals surface area (Å²) in [7, 11) is 0. The third kappa shape index (κ3) is 6.41. The number of hydrogen-bond donors (Lipinski definition) is 2. The molecule has 0 fully saturated rings. The van der Waals surface area contributed by atoms with E-state index in [4.69, 9.17) is 16.0 Å². The van der Waals surface area contributed by atoms with E-state index in [1.54, 1.807) is 48.2 Å². The Morgan fingerprint density at radius 3 is 2.35 bits per heavy atom. The van der Waals surface area contributed by atoms with Gasteiger partial charge in [0.15, 0.2) is 0 Å². The second-order valence-electron chi connectivity index (χ2n) is 7.26. The number of hydrogen-bond acceptors (Lipinski definition) is 4. The van der Waals surface area contributed by atoms with Gasteiger partial charge in [0.05, 0.1) is 12.0 Å². The number of anilines is 1. The second kappa shape index (κ2) is 11.4. The Bertz CT molecular complexity index is 1290. The zero-order valence-corrected chi connectivity index (χ0v) is 19.6. The molecule has 34 heavy (non-hydrogen) atoms. The number of rotatable bonds is 8. The van der Waals surface area contributed by atoms with Gasteiger partial charge in [0, 0.05) is 27.3 Å². The number of halogens is 1. The SMILES string of the molecule is O=C(Nc1ccccc1SCc1ccc(Cl)cc1)/C(=C/c1ccco1)NC(=O)c1ccccc1. The van der Waals surface area contributed by atoms with Gasteiger partial charge in [-0.1, -0.05) is 54.1 Å². The molecule has 170 valence electrons. The van der Waals surface area contributed by atoms with Crippen molar-refractivity contribution in [3.05, 3.63) is 125 Å². The van der Waals surface area contributed by atoms with Gasteiger partial charge in [-0.15, -0.1) is 11.8 Å². The molecule has 0 radical (unpaired) electrons. The number of para-hydroxylation sites is 1. The number of thioether (sulfide) groups is 1. The number of amides is 2. The summed E-state index contributed by atoms with van der Waals surface area (Å²) < 4.78 is 5.35. The molecule has 0 aliphatic rings. The molecule has 0 atom stereocenters. The van der Waals surface area contributed by atoms with Crippen LogP contribution in [0.4, 0.5) is 5.69 Å². The van der Waals surface area contributed by atoms with E-state index < -0.39 is 5.91 Å². The van der Waals surface area contributed by atoms with Gasteiger partial charge < -0.3 is 15.1 Å². The van der Waals surface area contributed by atoms with Crippen molar-refractivity contribution in [2.45, 2.75) is 10.6 Å². The largest absolute Gasteiger partial charge is 0.465 e. The molecule has 7 heteroatoms. The Kier molecular flexibility index (Phi) is 7.86. The highest BCUT2D eigenvalue weighted by molar-refractivity contribution is 7.98. The molecule has 0 aliphatic carbocycles. The Morgan fingerprint density at radius 2 is 1.62 bits per heavy atom. The minimum absolute atomic E-state index is 0.0707. The first-order chi connectivity index (χ1) is 16.6. The second-order valence-corrected chi connectivity index (χ2v) is 8.71. The quantitative estimate of drug-likeness (QED) is 0.215. The van der Waals surface area contributed by atoms with E-state index in [1.165, 1.54) is 12.3 Å². The molecule has 0 aliphatic heterocycles. The van der Waals surface area contributed by atoms with Gasteiger partial charge in [-0.25, -0.2) is 0 Å². The van der Waals surface area contributed by atoms with E-state index >= 15 is 0 Å². The fourth-order valence-electron chi connectivity index (χ4n) is 3.09. The summed E-state index contributed by atoms with van der Waals surface area (Å²) in [6.07, 6.45) is 3.00. The maximum Gasteiger partial charge on any atom is 0.272 e. The van der Waals surface area contributed by atoms with Crippen molar-refractivity contribution in [1.29, 1.82) is 0 Å². The third-order valence-electron chi connectivity index (χ3n) is 4.80. The fourth-order valence-corrected chi connectivity index (χ4v) is 4.18. The Hall–Kier alpha value is -3.74. The van der Waals surface area contributed by atoms with Crippen LogP contribution in [0.25, 0.3) is 6.08 Å². The third-order valence-corrected chi connectivity index (χ3v) is 6.20. The molecule has 1 aromatic heterocycles. The summed E-state index contributed by atoms with van der Waals surface area (Å²) >= 11 is 7.56. The van der Waals surface area contributed by atoms with Crippen molar-refractivity contribution in [2.75, 3.05) is 5.32 Å². The molecule has 5 nitrogen and oxygen atoms in total. The highest BCUT2D eigenvalue weighted by atomic mass is 35.5. The first kappa shape index (κ1) is 23.4. The molecule has 4 aromatic rings. The van der Waals surface area contributed by atoms with Gasteiger partial charge in [0.2, 0.25) is 0 Å². The zero-order valence-electron chi connectivity index (χ0n) is 18.0. The van der Waals surface area contributed by atoms with E-state index in [2.05, 4.69) is 10.6 Å². The molecular weight excluding hydrogens is 468 g/mol. The van der Waals surface area contributed by atoms with Crippen LogP contribution < -0.4 is 10.6 Å². The molecule has 1 heterocycles. The summed E-state index contributed by atoms with van der Waals surface area (Å²) in [6.45, 7) is 0. The van der Waals surface area contributed by atoms with Crippen molar-refractivity contribution < 1.29 is 14.0 Å². The Labute approximate surface area is 206 Å². The monoisotopic (exact) mass is 488 g/mol. The van der Waals surface area contributed by atoms with Crippen LogP contribution in [0.5, 0.6) is 0 Å². The summed E-state index contributed by atoms with van der Waals surface area (Å²) in [5, 5.41) is 6.31. The molecule has 0 unspecified atom stereocenters. The predicted molar refractivity (Wildman–Crippen MR) is 137 cm³/mol. The lowest BCUT2D eigenvalue weighted by atomic mass is 10.2. The molecule has 2 N–H and O–H groups in total. The normalized spacial score (nSPS) is 11.1. The molecule has 0 saturated carbocycles. The molecule has 4 rings (SSSR count). The van der Waals surface area contributed by atoms with Crippen molar-refractivity contribution in [1.82, 2.24) is 5.32 Å². The summed E-state index contributed by atoms with van der Waals surface area (Å²) in [5.41, 5.74) is 2.27. The van der Waals surface area contributed by atoms with Crippen LogP contribution in [0.15, 0.2) is 112 Å². The minimum Gasteiger partial charge on any atom is -0.465 e. The Balaban J connectivity index is 1.52. The smallest absolute Gasteiger partial charge is 0.272 e. The van der Waals surface area contributed by atoms with Crippen molar-refractivity contribution >= 4 is 46.9 Å². The van der Waals surface area contributed by atoms with E-state index in [-0.39, 0.29) is 11.6 Å². The van der Waals surface area contributed by atoms with Gasteiger partial charge in [-0.05, 0) is 54.1 Å². The van der Waals surface area contributed by atoms with Crippen molar-refractivity contribution in [3.63, 3.8) is 0 Å².